The fraction of sp³-hybridized carbons (Fsp3) is 0.417. The Bertz CT molecular complexity index is 1040. The van der Waals surface area contributed by atoms with E-state index < -0.39 is 0 Å². The fourth-order valence-corrected chi connectivity index (χ4v) is 4.78. The Morgan fingerprint density at radius 1 is 1.21 bits per heavy atom. The normalized spacial score (nSPS) is 14.1. The van der Waals surface area contributed by atoms with Crippen molar-refractivity contribution in [3.05, 3.63) is 53.8 Å². The van der Waals surface area contributed by atoms with Gasteiger partial charge in [0.2, 0.25) is 5.91 Å². The van der Waals surface area contributed by atoms with E-state index in [2.05, 4.69) is 9.88 Å². The average Bonchev–Trinajstić information content (AvgIpc) is 3.21. The molecule has 178 valence electrons. The van der Waals surface area contributed by atoms with E-state index in [1.807, 2.05) is 31.2 Å². The van der Waals surface area contributed by atoms with Crippen LogP contribution in [-0.2, 0) is 16.0 Å². The molecule has 1 aromatic heterocycles. The number of hydrogen-bond acceptors (Lipinski definition) is 6. The predicted molar refractivity (Wildman–Crippen MR) is 132 cm³/mol. The lowest BCUT2D eigenvalue weighted by molar-refractivity contribution is -0.118. The van der Waals surface area contributed by atoms with Crippen molar-refractivity contribution >= 4 is 45.0 Å². The van der Waals surface area contributed by atoms with Gasteiger partial charge in [-0.2, -0.15) is 0 Å². The molecule has 1 amide bonds. The summed E-state index contributed by atoms with van der Waals surface area (Å²) >= 11 is 1.35. The molecule has 33 heavy (non-hydrogen) atoms. The van der Waals surface area contributed by atoms with Crippen LogP contribution in [0.5, 0.6) is 5.75 Å². The summed E-state index contributed by atoms with van der Waals surface area (Å²) in [5.41, 5.74) is 1.63. The standard InChI is InChI=1S/C24H28FN3O3S.ClH/c1-2-31-20-7-4-18(5-8-20)16-23(29)28(11-3-10-27-12-14-30-15-13-27)24-26-21-9-6-19(25)17-22(21)32-24;/h4-9,17H,2-3,10-16H2,1H3;1H. The molecule has 3 aromatic rings. The van der Waals surface area contributed by atoms with Crippen LogP contribution in [-0.4, -0.2) is 61.8 Å². The maximum Gasteiger partial charge on any atom is 0.233 e. The highest BCUT2D eigenvalue weighted by molar-refractivity contribution is 7.22. The van der Waals surface area contributed by atoms with E-state index >= 15 is 0 Å². The number of ether oxygens (including phenoxy) is 2. The second kappa shape index (κ2) is 12.3. The van der Waals surface area contributed by atoms with Crippen LogP contribution in [0.25, 0.3) is 10.2 Å². The van der Waals surface area contributed by atoms with Gasteiger partial charge in [0.15, 0.2) is 5.13 Å². The molecule has 0 atom stereocenters. The van der Waals surface area contributed by atoms with Crippen LogP contribution in [0.15, 0.2) is 42.5 Å². The molecule has 0 aliphatic carbocycles. The number of fused-ring (bicyclic) bond motifs is 1. The first-order valence-electron chi connectivity index (χ1n) is 11.0. The van der Waals surface area contributed by atoms with Crippen LogP contribution in [0.1, 0.15) is 18.9 Å². The first-order chi connectivity index (χ1) is 15.6. The molecular weight excluding hydrogens is 465 g/mol. The second-order valence-electron chi connectivity index (χ2n) is 7.72. The lowest BCUT2D eigenvalue weighted by Crippen LogP contribution is -2.39. The molecular formula is C24H29ClFN3O3S. The Labute approximate surface area is 203 Å². The number of carbonyl (C=O) groups excluding carboxylic acids is 1. The zero-order chi connectivity index (χ0) is 22.3. The van der Waals surface area contributed by atoms with Crippen LogP contribution < -0.4 is 9.64 Å². The smallest absolute Gasteiger partial charge is 0.233 e. The van der Waals surface area contributed by atoms with E-state index in [-0.39, 0.29) is 30.6 Å². The Kier molecular flexibility index (Phi) is 9.43. The zero-order valence-electron chi connectivity index (χ0n) is 18.7. The van der Waals surface area contributed by atoms with E-state index in [0.717, 1.165) is 55.3 Å². The van der Waals surface area contributed by atoms with E-state index in [1.165, 1.54) is 23.5 Å². The van der Waals surface area contributed by atoms with Gasteiger partial charge >= 0.3 is 0 Å². The summed E-state index contributed by atoms with van der Waals surface area (Å²) < 4.78 is 25.3. The Morgan fingerprint density at radius 2 is 1.97 bits per heavy atom. The first kappa shape index (κ1) is 25.4. The van der Waals surface area contributed by atoms with Gasteiger partial charge in [0.1, 0.15) is 11.6 Å². The summed E-state index contributed by atoms with van der Waals surface area (Å²) in [6, 6.07) is 12.1. The van der Waals surface area contributed by atoms with Crippen molar-refractivity contribution in [1.82, 2.24) is 9.88 Å². The number of hydrogen-bond donors (Lipinski definition) is 0. The average molecular weight is 494 g/mol. The summed E-state index contributed by atoms with van der Waals surface area (Å²) in [4.78, 5) is 22.0. The lowest BCUT2D eigenvalue weighted by atomic mass is 10.1. The highest BCUT2D eigenvalue weighted by Gasteiger charge is 2.21. The van der Waals surface area contributed by atoms with E-state index in [4.69, 9.17) is 9.47 Å². The van der Waals surface area contributed by atoms with Crippen molar-refractivity contribution in [1.29, 1.82) is 0 Å². The first-order valence-corrected chi connectivity index (χ1v) is 11.8. The maximum atomic E-state index is 13.7. The molecule has 4 rings (SSSR count). The van der Waals surface area contributed by atoms with Gasteiger partial charge in [0, 0.05) is 26.2 Å². The van der Waals surface area contributed by atoms with E-state index in [1.54, 1.807) is 11.0 Å². The summed E-state index contributed by atoms with van der Waals surface area (Å²) in [7, 11) is 0. The number of benzene rings is 2. The minimum Gasteiger partial charge on any atom is -0.494 e. The topological polar surface area (TPSA) is 54.9 Å². The molecule has 1 aliphatic heterocycles. The minimum atomic E-state index is -0.299. The van der Waals surface area contributed by atoms with Gasteiger partial charge in [-0.05, 0) is 49.2 Å². The van der Waals surface area contributed by atoms with Gasteiger partial charge < -0.3 is 9.47 Å². The minimum absolute atomic E-state index is 0. The SMILES string of the molecule is CCOc1ccc(CC(=O)N(CCCN2CCOCC2)c2nc3ccc(F)cc3s2)cc1.Cl. The van der Waals surface area contributed by atoms with Crippen molar-refractivity contribution in [3.8, 4) is 5.75 Å². The van der Waals surface area contributed by atoms with Crippen LogP contribution >= 0.6 is 23.7 Å². The van der Waals surface area contributed by atoms with Crippen molar-refractivity contribution in [2.24, 2.45) is 0 Å². The molecule has 0 N–H and O–H groups in total. The molecule has 0 radical (unpaired) electrons. The lowest BCUT2D eigenvalue weighted by Gasteiger charge is -2.27. The number of morpholine rings is 1. The van der Waals surface area contributed by atoms with Crippen molar-refractivity contribution in [3.63, 3.8) is 0 Å². The summed E-state index contributed by atoms with van der Waals surface area (Å²) in [5.74, 6) is 0.474. The number of halogens is 2. The monoisotopic (exact) mass is 493 g/mol. The molecule has 9 heteroatoms. The van der Waals surface area contributed by atoms with Crippen LogP contribution in [0, 0.1) is 5.82 Å². The van der Waals surface area contributed by atoms with Crippen LogP contribution in [0.2, 0.25) is 0 Å². The largest absolute Gasteiger partial charge is 0.494 e. The molecule has 2 aromatic carbocycles. The third-order valence-corrected chi connectivity index (χ3v) is 6.46. The zero-order valence-corrected chi connectivity index (χ0v) is 20.3. The van der Waals surface area contributed by atoms with Gasteiger partial charge in [-0.1, -0.05) is 23.5 Å². The number of aromatic nitrogens is 1. The molecule has 6 nitrogen and oxygen atoms in total. The van der Waals surface area contributed by atoms with Crippen LogP contribution in [0.4, 0.5) is 9.52 Å². The Balaban J connectivity index is 0.00000306. The Hall–Kier alpha value is -2.26. The molecule has 0 saturated carbocycles. The molecule has 1 saturated heterocycles. The van der Waals surface area contributed by atoms with Crippen molar-refractivity contribution < 1.29 is 18.7 Å². The summed E-state index contributed by atoms with van der Waals surface area (Å²) in [6.07, 6.45) is 1.10. The highest BCUT2D eigenvalue weighted by Crippen LogP contribution is 2.30. The van der Waals surface area contributed by atoms with Gasteiger partial charge in [-0.3, -0.25) is 14.6 Å². The van der Waals surface area contributed by atoms with E-state index in [0.29, 0.717) is 23.8 Å². The molecule has 0 bridgehead atoms. The number of nitrogens with zero attached hydrogens (tertiary/aromatic N) is 3. The predicted octanol–water partition coefficient (Wildman–Crippen LogP) is 4.55. The van der Waals surface area contributed by atoms with Gasteiger partial charge in [-0.25, -0.2) is 9.37 Å². The number of amides is 1. The highest BCUT2D eigenvalue weighted by atomic mass is 35.5. The molecule has 1 aliphatic rings. The van der Waals surface area contributed by atoms with Crippen molar-refractivity contribution in [2.75, 3.05) is 50.9 Å². The molecule has 1 fully saturated rings. The van der Waals surface area contributed by atoms with Gasteiger partial charge in [0.05, 0.1) is 36.5 Å². The fourth-order valence-electron chi connectivity index (χ4n) is 3.75. The molecule has 2 heterocycles. The van der Waals surface area contributed by atoms with Gasteiger partial charge in [0.25, 0.3) is 0 Å². The van der Waals surface area contributed by atoms with E-state index in [9.17, 15) is 9.18 Å². The summed E-state index contributed by atoms with van der Waals surface area (Å²) in [6.45, 7) is 7.35. The Morgan fingerprint density at radius 3 is 2.70 bits per heavy atom. The number of thiazole rings is 1. The number of carbonyl (C=O) groups is 1. The number of rotatable bonds is 9. The quantitative estimate of drug-likeness (QED) is 0.437. The second-order valence-corrected chi connectivity index (χ2v) is 8.72. The van der Waals surface area contributed by atoms with Crippen LogP contribution in [0.3, 0.4) is 0 Å². The summed E-state index contributed by atoms with van der Waals surface area (Å²) in [5, 5.41) is 0.614. The van der Waals surface area contributed by atoms with Crippen molar-refractivity contribution in [2.45, 2.75) is 19.8 Å². The maximum absolute atomic E-state index is 13.7. The third kappa shape index (κ3) is 6.86. The molecule has 0 unspecified atom stereocenters. The van der Waals surface area contributed by atoms with Gasteiger partial charge in [-0.15, -0.1) is 12.4 Å². The third-order valence-electron chi connectivity index (χ3n) is 5.42. The number of anilines is 1. The molecule has 0 spiro atoms.